The Kier molecular flexibility index (Phi) is 3.94. The van der Waals surface area contributed by atoms with Crippen molar-refractivity contribution in [3.05, 3.63) is 23.8 Å². The molecule has 0 aliphatic heterocycles. The molecule has 0 fully saturated rings. The Hall–Kier alpha value is -1.96. The molecule has 0 radical (unpaired) electrons. The molecule has 1 rings (SSSR count). The Bertz CT molecular complexity index is 467. The first kappa shape index (κ1) is 15.1. The topological polar surface area (TPSA) is 81.8 Å². The molecule has 19 heavy (non-hydrogen) atoms. The molecule has 0 spiro atoms. The van der Waals surface area contributed by atoms with Crippen LogP contribution in [0.15, 0.2) is 18.2 Å². The molecule has 3 N–H and O–H groups in total. The number of nitrogens with two attached hydrogens (primary N) is 1. The largest absolute Gasteiger partial charge is 0.496 e. The van der Waals surface area contributed by atoms with Crippen LogP contribution in [0.3, 0.4) is 0 Å². The van der Waals surface area contributed by atoms with Gasteiger partial charge in [0.25, 0.3) is 0 Å². The summed E-state index contributed by atoms with van der Waals surface area (Å²) in [4.78, 5) is 11.0. The van der Waals surface area contributed by atoms with Crippen LogP contribution < -0.4 is 15.2 Å². The van der Waals surface area contributed by atoms with Crippen molar-refractivity contribution in [3.63, 3.8) is 0 Å². The number of carboxylic acids is 1. The van der Waals surface area contributed by atoms with Crippen molar-refractivity contribution in [1.29, 1.82) is 0 Å². The number of hydrogen-bond donors (Lipinski definition) is 2. The predicted molar refractivity (Wildman–Crippen MR) is 59.1 cm³/mol. The van der Waals surface area contributed by atoms with Crippen molar-refractivity contribution < 1.29 is 32.5 Å². The van der Waals surface area contributed by atoms with Crippen LogP contribution in [0.5, 0.6) is 11.5 Å². The number of carbonyl (C=O) groups is 1. The molecule has 0 aliphatic carbocycles. The Labute approximate surface area is 106 Å². The molecule has 0 heterocycles. The maximum atomic E-state index is 13.1. The van der Waals surface area contributed by atoms with E-state index in [0.717, 1.165) is 14.2 Å². The summed E-state index contributed by atoms with van der Waals surface area (Å²) in [7, 11) is 2.22. The van der Waals surface area contributed by atoms with Crippen LogP contribution in [0, 0.1) is 0 Å². The maximum absolute atomic E-state index is 13.1. The van der Waals surface area contributed by atoms with Crippen LogP contribution >= 0.6 is 0 Å². The van der Waals surface area contributed by atoms with E-state index >= 15 is 0 Å². The van der Waals surface area contributed by atoms with Gasteiger partial charge in [-0.25, -0.2) is 4.79 Å². The number of hydrogen-bond acceptors (Lipinski definition) is 4. The lowest BCUT2D eigenvalue weighted by molar-refractivity contribution is -0.205. The van der Waals surface area contributed by atoms with Gasteiger partial charge in [-0.3, -0.25) is 0 Å². The van der Waals surface area contributed by atoms with Crippen molar-refractivity contribution in [2.45, 2.75) is 11.7 Å². The van der Waals surface area contributed by atoms with Gasteiger partial charge in [-0.05, 0) is 12.1 Å². The van der Waals surface area contributed by atoms with Crippen molar-refractivity contribution in [1.82, 2.24) is 0 Å². The molecular formula is C11H12F3NO4. The highest BCUT2D eigenvalue weighted by Crippen LogP contribution is 2.45. The van der Waals surface area contributed by atoms with Gasteiger partial charge in [0.2, 0.25) is 5.54 Å². The molecule has 0 saturated heterocycles. The molecule has 1 aromatic carbocycles. The van der Waals surface area contributed by atoms with E-state index in [1.807, 2.05) is 0 Å². The van der Waals surface area contributed by atoms with Gasteiger partial charge in [0.05, 0.1) is 19.8 Å². The summed E-state index contributed by atoms with van der Waals surface area (Å²) in [5, 5.41) is 8.91. The second-order valence-corrected chi connectivity index (χ2v) is 3.65. The second kappa shape index (κ2) is 4.96. The molecule has 106 valence electrons. The van der Waals surface area contributed by atoms with Crippen LogP contribution in [-0.2, 0) is 10.3 Å². The molecule has 0 aliphatic rings. The highest BCUT2D eigenvalue weighted by molar-refractivity contribution is 5.84. The number of alkyl halides is 3. The highest BCUT2D eigenvalue weighted by atomic mass is 19.4. The van der Waals surface area contributed by atoms with Crippen LogP contribution in [0.25, 0.3) is 0 Å². The fourth-order valence-corrected chi connectivity index (χ4v) is 1.61. The van der Waals surface area contributed by atoms with Gasteiger partial charge < -0.3 is 20.3 Å². The number of ether oxygens (including phenoxy) is 2. The van der Waals surface area contributed by atoms with Crippen LogP contribution in [-0.4, -0.2) is 31.5 Å². The van der Waals surface area contributed by atoms with Gasteiger partial charge in [-0.2, -0.15) is 13.2 Å². The quantitative estimate of drug-likeness (QED) is 0.873. The fourth-order valence-electron chi connectivity index (χ4n) is 1.61. The summed E-state index contributed by atoms with van der Waals surface area (Å²) in [5.41, 5.74) is 0.710. The zero-order valence-corrected chi connectivity index (χ0v) is 10.1. The van der Waals surface area contributed by atoms with E-state index in [2.05, 4.69) is 0 Å². The van der Waals surface area contributed by atoms with Crippen molar-refractivity contribution in [3.8, 4) is 11.5 Å². The van der Waals surface area contributed by atoms with E-state index in [4.69, 9.17) is 20.3 Å². The van der Waals surface area contributed by atoms with Crippen molar-refractivity contribution in [2.24, 2.45) is 5.73 Å². The SMILES string of the molecule is COc1cccc(OC)c1C(N)(C(=O)O)C(F)(F)F. The average Bonchev–Trinajstić information content (AvgIpc) is 2.34. The first-order chi connectivity index (χ1) is 8.70. The number of methoxy groups -OCH3 is 2. The third-order valence-corrected chi connectivity index (χ3v) is 2.61. The summed E-state index contributed by atoms with van der Waals surface area (Å²) in [6, 6.07) is 3.71. The van der Waals surface area contributed by atoms with Gasteiger partial charge in [0, 0.05) is 0 Å². The molecule has 1 unspecified atom stereocenters. The third-order valence-electron chi connectivity index (χ3n) is 2.61. The maximum Gasteiger partial charge on any atom is 0.421 e. The third kappa shape index (κ3) is 2.30. The minimum Gasteiger partial charge on any atom is -0.496 e. The van der Waals surface area contributed by atoms with E-state index in [9.17, 15) is 18.0 Å². The smallest absolute Gasteiger partial charge is 0.421 e. The Morgan fingerprint density at radius 3 is 1.89 bits per heavy atom. The summed E-state index contributed by atoms with van der Waals surface area (Å²) >= 11 is 0. The molecule has 0 saturated carbocycles. The molecule has 1 aromatic rings. The Morgan fingerprint density at radius 1 is 1.21 bits per heavy atom. The molecule has 0 amide bonds. The van der Waals surface area contributed by atoms with Crippen LogP contribution in [0.4, 0.5) is 13.2 Å². The van der Waals surface area contributed by atoms with Crippen LogP contribution in [0.1, 0.15) is 5.56 Å². The van der Waals surface area contributed by atoms with Crippen molar-refractivity contribution >= 4 is 5.97 Å². The number of aliphatic carboxylic acids is 1. The van der Waals surface area contributed by atoms with Gasteiger partial charge >= 0.3 is 12.1 Å². The first-order valence-electron chi connectivity index (χ1n) is 5.00. The lowest BCUT2D eigenvalue weighted by atomic mass is 9.88. The van der Waals surface area contributed by atoms with Crippen molar-refractivity contribution in [2.75, 3.05) is 14.2 Å². The predicted octanol–water partition coefficient (Wildman–Crippen LogP) is 1.50. The summed E-state index contributed by atoms with van der Waals surface area (Å²) in [6.45, 7) is 0. The van der Waals surface area contributed by atoms with Gasteiger partial charge in [-0.1, -0.05) is 6.07 Å². The molecule has 8 heteroatoms. The minimum atomic E-state index is -5.22. The van der Waals surface area contributed by atoms with E-state index in [-0.39, 0.29) is 11.5 Å². The van der Waals surface area contributed by atoms with E-state index < -0.39 is 23.2 Å². The Balaban J connectivity index is 3.69. The summed E-state index contributed by atoms with van der Waals surface area (Å²) < 4.78 is 48.7. The lowest BCUT2D eigenvalue weighted by Crippen LogP contribution is -2.56. The molecular weight excluding hydrogens is 267 g/mol. The lowest BCUT2D eigenvalue weighted by Gasteiger charge is -2.30. The van der Waals surface area contributed by atoms with Crippen LogP contribution in [0.2, 0.25) is 0 Å². The zero-order valence-electron chi connectivity index (χ0n) is 10.1. The normalized spacial score (nSPS) is 14.6. The van der Waals surface area contributed by atoms with Gasteiger partial charge in [-0.15, -0.1) is 0 Å². The number of benzene rings is 1. The average molecular weight is 279 g/mol. The number of halogens is 3. The first-order valence-corrected chi connectivity index (χ1v) is 5.00. The minimum absolute atomic E-state index is 0.318. The standard InChI is InChI=1S/C11H12F3NO4/c1-18-6-4-3-5-7(19-2)8(6)10(15,9(16)17)11(12,13)14/h3-5H,15H2,1-2H3,(H,16,17). The van der Waals surface area contributed by atoms with E-state index in [0.29, 0.717) is 0 Å². The summed E-state index contributed by atoms with van der Waals surface area (Å²) in [5.74, 6) is -2.88. The molecule has 1 atom stereocenters. The number of carboxylic acid groups (broad SMARTS) is 1. The van der Waals surface area contributed by atoms with E-state index in [1.165, 1.54) is 18.2 Å². The van der Waals surface area contributed by atoms with Gasteiger partial charge in [0.15, 0.2) is 0 Å². The zero-order chi connectivity index (χ0) is 14.8. The second-order valence-electron chi connectivity index (χ2n) is 3.65. The Morgan fingerprint density at radius 2 is 1.63 bits per heavy atom. The van der Waals surface area contributed by atoms with Gasteiger partial charge in [0.1, 0.15) is 11.5 Å². The fraction of sp³-hybridized carbons (Fsp3) is 0.364. The monoisotopic (exact) mass is 279 g/mol. The van der Waals surface area contributed by atoms with E-state index in [1.54, 1.807) is 0 Å². The highest BCUT2D eigenvalue weighted by Gasteiger charge is 2.62. The molecule has 0 aromatic heterocycles. The number of rotatable bonds is 4. The molecule has 0 bridgehead atoms. The molecule has 5 nitrogen and oxygen atoms in total. The summed E-state index contributed by atoms with van der Waals surface area (Å²) in [6.07, 6.45) is -5.22.